The first kappa shape index (κ1) is 19.7. The molecule has 0 aliphatic rings. The van der Waals surface area contributed by atoms with Gasteiger partial charge in [0.05, 0.1) is 12.4 Å². The lowest BCUT2D eigenvalue weighted by Crippen LogP contribution is -2.14. The molecule has 2 amide bonds. The molecule has 0 bridgehead atoms. The highest BCUT2D eigenvalue weighted by Gasteiger charge is 2.09. The van der Waals surface area contributed by atoms with E-state index in [1.807, 2.05) is 0 Å². The number of anilines is 4. The molecule has 3 rings (SSSR count). The van der Waals surface area contributed by atoms with Gasteiger partial charge in [-0.25, -0.2) is 9.97 Å². The van der Waals surface area contributed by atoms with Crippen molar-refractivity contribution in [3.05, 3.63) is 72.2 Å². The van der Waals surface area contributed by atoms with Crippen LogP contribution in [0.5, 0.6) is 0 Å². The van der Waals surface area contributed by atoms with Gasteiger partial charge in [-0.1, -0.05) is 0 Å². The number of hydrogen-bond donors (Lipinski definition) is 3. The number of carbonyl (C=O) groups excluding carboxylic acids is 3. The molecule has 0 fully saturated rings. The van der Waals surface area contributed by atoms with Crippen molar-refractivity contribution in [3.8, 4) is 0 Å². The van der Waals surface area contributed by atoms with Crippen LogP contribution < -0.4 is 16.0 Å². The molecule has 3 N–H and O–H groups in total. The van der Waals surface area contributed by atoms with Gasteiger partial charge in [0, 0.05) is 29.5 Å². The zero-order valence-electron chi connectivity index (χ0n) is 15.9. The van der Waals surface area contributed by atoms with Gasteiger partial charge in [-0.05, 0) is 55.5 Å². The van der Waals surface area contributed by atoms with Crippen LogP contribution in [0.25, 0.3) is 0 Å². The number of carbonyl (C=O) groups is 3. The van der Waals surface area contributed by atoms with Crippen molar-refractivity contribution in [2.45, 2.75) is 13.8 Å². The number of benzene rings is 2. The highest BCUT2D eigenvalue weighted by molar-refractivity contribution is 6.03. The smallest absolute Gasteiger partial charge is 0.275 e. The molecule has 146 valence electrons. The Hall–Kier alpha value is -4.07. The van der Waals surface area contributed by atoms with Gasteiger partial charge in [0.25, 0.3) is 5.91 Å². The predicted molar refractivity (Wildman–Crippen MR) is 110 cm³/mol. The predicted octanol–water partition coefficient (Wildman–Crippen LogP) is 3.63. The Bertz CT molecular complexity index is 1030. The normalized spacial score (nSPS) is 10.1. The summed E-state index contributed by atoms with van der Waals surface area (Å²) in [5.41, 5.74) is 2.74. The summed E-state index contributed by atoms with van der Waals surface area (Å²) in [6.07, 6.45) is 2.82. The maximum absolute atomic E-state index is 12.3. The van der Waals surface area contributed by atoms with E-state index in [-0.39, 0.29) is 17.4 Å². The summed E-state index contributed by atoms with van der Waals surface area (Å²) in [6, 6.07) is 13.7. The Morgan fingerprint density at radius 1 is 0.724 bits per heavy atom. The molecule has 8 heteroatoms. The monoisotopic (exact) mass is 389 g/mol. The third kappa shape index (κ3) is 5.46. The summed E-state index contributed by atoms with van der Waals surface area (Å²) >= 11 is 0. The zero-order valence-corrected chi connectivity index (χ0v) is 15.9. The largest absolute Gasteiger partial charge is 0.339 e. The fraction of sp³-hybridized carbons (Fsp3) is 0.0952. The van der Waals surface area contributed by atoms with Crippen LogP contribution in [0.15, 0.2) is 60.9 Å². The van der Waals surface area contributed by atoms with Crippen molar-refractivity contribution in [2.75, 3.05) is 16.0 Å². The quantitative estimate of drug-likeness (QED) is 0.555. The molecule has 0 saturated heterocycles. The third-order valence-corrected chi connectivity index (χ3v) is 3.91. The summed E-state index contributed by atoms with van der Waals surface area (Å²) in [6.45, 7) is 2.93. The Balaban J connectivity index is 1.61. The van der Waals surface area contributed by atoms with E-state index < -0.39 is 5.91 Å². The number of nitrogens with zero attached hydrogens (tertiary/aromatic N) is 2. The Morgan fingerprint density at radius 2 is 1.31 bits per heavy atom. The second-order valence-corrected chi connectivity index (χ2v) is 6.26. The first-order valence-electron chi connectivity index (χ1n) is 8.80. The number of aromatic nitrogens is 2. The van der Waals surface area contributed by atoms with E-state index in [0.717, 1.165) is 5.69 Å². The summed E-state index contributed by atoms with van der Waals surface area (Å²) in [5.74, 6) is -0.101. The molecule has 8 nitrogen and oxygen atoms in total. The van der Waals surface area contributed by atoms with Crippen LogP contribution in [-0.4, -0.2) is 27.6 Å². The van der Waals surface area contributed by atoms with Crippen molar-refractivity contribution in [2.24, 2.45) is 0 Å². The Labute approximate surface area is 167 Å². The van der Waals surface area contributed by atoms with Gasteiger partial charge in [-0.15, -0.1) is 0 Å². The molecule has 3 aromatic rings. The molecule has 0 atom stereocenters. The fourth-order valence-corrected chi connectivity index (χ4v) is 2.48. The minimum Gasteiger partial charge on any atom is -0.339 e. The van der Waals surface area contributed by atoms with Crippen LogP contribution >= 0.6 is 0 Å². The van der Waals surface area contributed by atoms with Gasteiger partial charge in [-0.2, -0.15) is 0 Å². The van der Waals surface area contributed by atoms with Crippen LogP contribution in [-0.2, 0) is 4.79 Å². The molecule has 29 heavy (non-hydrogen) atoms. The lowest BCUT2D eigenvalue weighted by atomic mass is 10.1. The summed E-state index contributed by atoms with van der Waals surface area (Å²) in [7, 11) is 0. The van der Waals surface area contributed by atoms with Crippen LogP contribution in [0.1, 0.15) is 34.7 Å². The van der Waals surface area contributed by atoms with E-state index in [2.05, 4.69) is 25.9 Å². The van der Waals surface area contributed by atoms with Gasteiger partial charge in [-0.3, -0.25) is 14.4 Å². The first-order valence-corrected chi connectivity index (χ1v) is 8.80. The number of Topliss-reactive ketones (excluding diaryl/α,β-unsaturated/α-hetero) is 1. The Morgan fingerprint density at radius 3 is 1.83 bits per heavy atom. The van der Waals surface area contributed by atoms with Gasteiger partial charge in [0.2, 0.25) is 5.91 Å². The van der Waals surface area contributed by atoms with Crippen molar-refractivity contribution < 1.29 is 14.4 Å². The Kier molecular flexibility index (Phi) is 5.94. The lowest BCUT2D eigenvalue weighted by molar-refractivity contribution is -0.114. The molecule has 1 aromatic heterocycles. The summed E-state index contributed by atoms with van der Waals surface area (Å²) in [5, 5.41) is 8.43. The topological polar surface area (TPSA) is 113 Å². The molecular formula is C21H19N5O3. The second kappa shape index (κ2) is 8.75. The first-order chi connectivity index (χ1) is 13.9. The molecular weight excluding hydrogens is 370 g/mol. The molecule has 0 radical (unpaired) electrons. The molecule has 2 aromatic carbocycles. The maximum Gasteiger partial charge on any atom is 0.275 e. The van der Waals surface area contributed by atoms with E-state index in [4.69, 9.17) is 0 Å². The van der Waals surface area contributed by atoms with Gasteiger partial charge in [0.1, 0.15) is 11.5 Å². The minimum atomic E-state index is -0.401. The number of hydrogen-bond acceptors (Lipinski definition) is 6. The minimum absolute atomic E-state index is 0.00328. The van der Waals surface area contributed by atoms with Crippen LogP contribution in [0, 0.1) is 0 Å². The zero-order chi connectivity index (χ0) is 20.8. The molecule has 1 heterocycles. The molecule has 0 aliphatic carbocycles. The number of rotatable bonds is 6. The lowest BCUT2D eigenvalue weighted by Gasteiger charge is -2.08. The SMILES string of the molecule is CC(=O)Nc1ccc(NC(=O)c2cnc(Nc3ccc(C(C)=O)cc3)cn2)cc1. The van der Waals surface area contributed by atoms with E-state index in [9.17, 15) is 14.4 Å². The number of amides is 2. The average Bonchev–Trinajstić information content (AvgIpc) is 2.70. The van der Waals surface area contributed by atoms with Crippen molar-refractivity contribution in [1.29, 1.82) is 0 Å². The van der Waals surface area contributed by atoms with Gasteiger partial charge < -0.3 is 16.0 Å². The van der Waals surface area contributed by atoms with E-state index in [1.165, 1.54) is 26.2 Å². The van der Waals surface area contributed by atoms with Crippen molar-refractivity contribution in [3.63, 3.8) is 0 Å². The maximum atomic E-state index is 12.3. The number of ketones is 1. The number of nitrogens with one attached hydrogen (secondary N) is 3. The highest BCUT2D eigenvalue weighted by atomic mass is 16.2. The third-order valence-electron chi connectivity index (χ3n) is 3.91. The highest BCUT2D eigenvalue weighted by Crippen LogP contribution is 2.16. The fourth-order valence-electron chi connectivity index (χ4n) is 2.48. The van der Waals surface area contributed by atoms with Crippen LogP contribution in [0.4, 0.5) is 22.9 Å². The summed E-state index contributed by atoms with van der Waals surface area (Å²) in [4.78, 5) is 43.0. The second-order valence-electron chi connectivity index (χ2n) is 6.26. The van der Waals surface area contributed by atoms with Crippen molar-refractivity contribution in [1.82, 2.24) is 9.97 Å². The summed E-state index contributed by atoms with van der Waals surface area (Å²) < 4.78 is 0. The van der Waals surface area contributed by atoms with Crippen LogP contribution in [0.3, 0.4) is 0 Å². The van der Waals surface area contributed by atoms with E-state index in [0.29, 0.717) is 22.8 Å². The standard InChI is InChI=1S/C21H19N5O3/c1-13(27)15-3-5-17(6-4-15)25-20-12-22-19(11-23-20)21(29)26-18-9-7-16(8-10-18)24-14(2)28/h3-12H,1-2H3,(H,23,25)(H,24,28)(H,26,29). The van der Waals surface area contributed by atoms with Crippen LogP contribution in [0.2, 0.25) is 0 Å². The molecule has 0 unspecified atom stereocenters. The van der Waals surface area contributed by atoms with E-state index >= 15 is 0 Å². The van der Waals surface area contributed by atoms with E-state index in [1.54, 1.807) is 48.5 Å². The molecule has 0 spiro atoms. The average molecular weight is 389 g/mol. The molecule has 0 saturated carbocycles. The molecule has 0 aliphatic heterocycles. The van der Waals surface area contributed by atoms with Crippen molar-refractivity contribution >= 4 is 40.5 Å². The van der Waals surface area contributed by atoms with Gasteiger partial charge in [0.15, 0.2) is 5.78 Å². The van der Waals surface area contributed by atoms with Gasteiger partial charge >= 0.3 is 0 Å².